The molecule has 2 nitrogen and oxygen atoms in total. The lowest BCUT2D eigenvalue weighted by atomic mass is 9.34. The Balaban J connectivity index is 1.34. The molecule has 0 amide bonds. The van der Waals surface area contributed by atoms with Crippen LogP contribution in [0.3, 0.4) is 0 Å². The molecule has 0 radical (unpaired) electrons. The van der Waals surface area contributed by atoms with Crippen molar-refractivity contribution in [2.75, 3.05) is 41.3 Å². The van der Waals surface area contributed by atoms with E-state index >= 15 is 0 Å². The smallest absolute Gasteiger partial charge is 0.242 e. The largest absolute Gasteiger partial charge is 0.305 e. The van der Waals surface area contributed by atoms with E-state index in [9.17, 15) is 0 Å². The molecule has 8 aromatic rings. The first-order chi connectivity index (χ1) is 29.4. The van der Waals surface area contributed by atoms with Gasteiger partial charge in [0.15, 0.2) is 0 Å². The van der Waals surface area contributed by atoms with E-state index in [1.165, 1.54) is 77.0 Å². The summed E-state index contributed by atoms with van der Waals surface area (Å²) in [5.74, 6) is 0. The maximum absolute atomic E-state index is 2.41. The summed E-state index contributed by atoms with van der Waals surface area (Å²) in [6.07, 6.45) is 0. The molecule has 0 atom stereocenters. The standard InChI is InChI=1S/C56H52B2N2/c1-59(2)41-53(55(43-23-11-5-12-24-43)57(49-27-15-7-16-28-49)50-29-17-8-18-30-50)47-37-35-46-40-48(38-36-45(46)39-47)54(42-60(3)4)56(44-25-13-6-14-26-44)58(51-31-19-9-20-32-51)52-33-21-10-22-34-52/h5-40H,41-42H2,1-4H3/b55-53+,56-54+. The zero-order valence-corrected chi connectivity index (χ0v) is 35.2. The van der Waals surface area contributed by atoms with Crippen LogP contribution in [-0.4, -0.2) is 64.5 Å². The van der Waals surface area contributed by atoms with Crippen LogP contribution >= 0.6 is 0 Å². The minimum Gasteiger partial charge on any atom is -0.305 e. The summed E-state index contributed by atoms with van der Waals surface area (Å²) in [4.78, 5) is 4.61. The summed E-state index contributed by atoms with van der Waals surface area (Å²) in [6, 6.07) is 80.2. The lowest BCUT2D eigenvalue weighted by molar-refractivity contribution is 0.463. The lowest BCUT2D eigenvalue weighted by Gasteiger charge is -2.26. The molecule has 0 saturated carbocycles. The fourth-order valence-electron chi connectivity index (χ4n) is 8.82. The second kappa shape index (κ2) is 19.1. The van der Waals surface area contributed by atoms with Gasteiger partial charge in [0, 0.05) is 13.1 Å². The van der Waals surface area contributed by atoms with Gasteiger partial charge >= 0.3 is 0 Å². The number of benzene rings is 8. The highest BCUT2D eigenvalue weighted by Gasteiger charge is 2.30. The molecule has 0 aliphatic carbocycles. The number of likely N-dealkylation sites (N-methyl/N-ethyl adjacent to an activating group) is 2. The zero-order valence-electron chi connectivity index (χ0n) is 35.2. The van der Waals surface area contributed by atoms with Gasteiger partial charge in [-0.2, -0.15) is 0 Å². The fourth-order valence-corrected chi connectivity index (χ4v) is 8.82. The van der Waals surface area contributed by atoms with E-state index in [1.54, 1.807) is 0 Å². The molecule has 0 spiro atoms. The SMILES string of the molecule is CN(C)C/C(=C(\B(c1ccccc1)c1ccccc1)c1ccccc1)c1ccc2cc(/C(CN(C)C)=C(/B(c3ccccc3)c3ccccc3)c3ccccc3)ccc2c1. The third kappa shape index (κ3) is 9.22. The molecule has 292 valence electrons. The lowest BCUT2D eigenvalue weighted by Crippen LogP contribution is -2.44. The van der Waals surface area contributed by atoms with E-state index in [0.29, 0.717) is 0 Å². The molecule has 0 N–H and O–H groups in total. The molecule has 4 heteroatoms. The predicted octanol–water partition coefficient (Wildman–Crippen LogP) is 9.48. The topological polar surface area (TPSA) is 6.48 Å². The predicted molar refractivity (Wildman–Crippen MR) is 263 cm³/mol. The molecule has 8 rings (SSSR count). The first kappa shape index (κ1) is 40.3. The molecule has 0 fully saturated rings. The first-order valence-corrected chi connectivity index (χ1v) is 21.1. The van der Waals surface area contributed by atoms with Crippen LogP contribution in [-0.2, 0) is 0 Å². The van der Waals surface area contributed by atoms with Crippen molar-refractivity contribution in [2.45, 2.75) is 0 Å². The van der Waals surface area contributed by atoms with Crippen LogP contribution in [0.15, 0.2) is 218 Å². The summed E-state index contributed by atoms with van der Waals surface area (Å²) < 4.78 is 0. The number of nitrogens with zero attached hydrogens (tertiary/aromatic N) is 2. The molecular formula is C56H52B2N2. The Morgan fingerprint density at radius 1 is 0.317 bits per heavy atom. The Bertz CT molecular complexity index is 2410. The maximum atomic E-state index is 2.41. The van der Waals surface area contributed by atoms with Crippen LogP contribution < -0.4 is 21.9 Å². The van der Waals surface area contributed by atoms with Crippen LogP contribution in [0.4, 0.5) is 0 Å². The van der Waals surface area contributed by atoms with Crippen LogP contribution in [0.1, 0.15) is 22.3 Å². The molecule has 0 bridgehead atoms. The van der Waals surface area contributed by atoms with Gasteiger partial charge in [0.05, 0.1) is 0 Å². The normalized spacial score (nSPS) is 12.3. The molecule has 60 heavy (non-hydrogen) atoms. The van der Waals surface area contributed by atoms with Crippen molar-refractivity contribution in [3.8, 4) is 0 Å². The highest BCUT2D eigenvalue weighted by Crippen LogP contribution is 2.35. The molecule has 0 aromatic heterocycles. The Kier molecular flexibility index (Phi) is 12.8. The van der Waals surface area contributed by atoms with Gasteiger partial charge in [-0.15, -0.1) is 0 Å². The Morgan fingerprint density at radius 2 is 0.583 bits per heavy atom. The molecule has 0 saturated heterocycles. The molecule has 0 heterocycles. The van der Waals surface area contributed by atoms with Crippen LogP contribution in [0.25, 0.3) is 32.9 Å². The number of hydrogen-bond donors (Lipinski definition) is 0. The number of hydrogen-bond acceptors (Lipinski definition) is 2. The van der Waals surface area contributed by atoms with E-state index in [2.05, 4.69) is 256 Å². The van der Waals surface area contributed by atoms with Crippen molar-refractivity contribution in [1.29, 1.82) is 0 Å². The van der Waals surface area contributed by atoms with Gasteiger partial charge in [-0.1, -0.05) is 239 Å². The maximum Gasteiger partial charge on any atom is 0.242 e. The van der Waals surface area contributed by atoms with E-state index in [0.717, 1.165) is 13.1 Å². The summed E-state index contributed by atoms with van der Waals surface area (Å²) in [7, 11) is 8.71. The van der Waals surface area contributed by atoms with Crippen LogP contribution in [0.2, 0.25) is 0 Å². The quantitative estimate of drug-likeness (QED) is 0.0803. The van der Waals surface area contributed by atoms with Gasteiger partial charge in [-0.25, -0.2) is 0 Å². The van der Waals surface area contributed by atoms with Crippen molar-refractivity contribution in [3.05, 3.63) is 241 Å². The molecule has 0 unspecified atom stereocenters. The van der Waals surface area contributed by atoms with Crippen molar-refractivity contribution in [3.63, 3.8) is 0 Å². The van der Waals surface area contributed by atoms with E-state index in [1.807, 2.05) is 0 Å². The summed E-state index contributed by atoms with van der Waals surface area (Å²) >= 11 is 0. The van der Waals surface area contributed by atoms with Gasteiger partial charge in [-0.3, -0.25) is 0 Å². The first-order valence-electron chi connectivity index (χ1n) is 21.1. The Morgan fingerprint density at radius 3 is 0.850 bits per heavy atom. The van der Waals surface area contributed by atoms with Gasteiger partial charge in [0.2, 0.25) is 13.4 Å². The monoisotopic (exact) mass is 774 g/mol. The van der Waals surface area contributed by atoms with E-state index in [4.69, 9.17) is 0 Å². The van der Waals surface area contributed by atoms with Gasteiger partial charge in [0.1, 0.15) is 0 Å². The molecule has 0 aliphatic heterocycles. The molecular weight excluding hydrogens is 722 g/mol. The average Bonchev–Trinajstić information content (AvgIpc) is 3.30. The van der Waals surface area contributed by atoms with Crippen LogP contribution in [0.5, 0.6) is 0 Å². The molecule has 8 aromatic carbocycles. The van der Waals surface area contributed by atoms with Gasteiger partial charge < -0.3 is 9.80 Å². The summed E-state index contributed by atoms with van der Waals surface area (Å²) in [5, 5.41) is 2.45. The Labute approximate surface area is 358 Å². The van der Waals surface area contributed by atoms with Crippen LogP contribution in [0, 0.1) is 0 Å². The van der Waals surface area contributed by atoms with Gasteiger partial charge in [-0.05, 0) is 84.5 Å². The highest BCUT2D eigenvalue weighted by atomic mass is 15.1. The van der Waals surface area contributed by atoms with Gasteiger partial charge in [0.25, 0.3) is 0 Å². The highest BCUT2D eigenvalue weighted by molar-refractivity contribution is 7.01. The summed E-state index contributed by atoms with van der Waals surface area (Å²) in [5.41, 5.74) is 15.4. The third-order valence-corrected chi connectivity index (χ3v) is 11.4. The van der Waals surface area contributed by atoms with Crippen molar-refractivity contribution in [1.82, 2.24) is 9.80 Å². The van der Waals surface area contributed by atoms with E-state index < -0.39 is 0 Å². The minimum absolute atomic E-state index is 0.0418. The number of fused-ring (bicyclic) bond motifs is 1. The Hall–Kier alpha value is -6.45. The molecule has 0 aliphatic rings. The van der Waals surface area contributed by atoms with Crippen molar-refractivity contribution < 1.29 is 0 Å². The van der Waals surface area contributed by atoms with E-state index in [-0.39, 0.29) is 13.4 Å². The second-order valence-corrected chi connectivity index (χ2v) is 16.3. The zero-order chi connectivity index (χ0) is 41.3. The summed E-state index contributed by atoms with van der Waals surface area (Å²) in [6.45, 7) is 1.67. The van der Waals surface area contributed by atoms with Crippen molar-refractivity contribution in [2.24, 2.45) is 0 Å². The minimum atomic E-state index is 0.0418. The fraction of sp³-hybridized carbons (Fsp3) is 0.107. The second-order valence-electron chi connectivity index (χ2n) is 16.3. The van der Waals surface area contributed by atoms with Crippen molar-refractivity contribution >= 4 is 68.1 Å². The average molecular weight is 775 g/mol. The number of rotatable bonds is 14. The third-order valence-electron chi connectivity index (χ3n) is 11.4.